The van der Waals surface area contributed by atoms with Gasteiger partial charge in [-0.05, 0) is 53.9 Å². The van der Waals surface area contributed by atoms with Crippen molar-refractivity contribution in [3.05, 3.63) is 28.2 Å². The lowest BCUT2D eigenvalue weighted by Gasteiger charge is -2.28. The second-order valence-electron chi connectivity index (χ2n) is 5.11. The Bertz CT molecular complexity index is 642. The number of carbonyl (C=O) groups is 1. The standard InChI is InChI=1S/C14H17BrClNO3S/c1-2-17(11-5-3-4-6-11)14(18)10-7-8-12(15)13(9-10)21(16,19)20/h7-9,11H,2-6H2,1H3. The van der Waals surface area contributed by atoms with Crippen molar-refractivity contribution in [3.8, 4) is 0 Å². The molecule has 0 aliphatic heterocycles. The molecular formula is C14H17BrClNO3S. The van der Waals surface area contributed by atoms with Crippen LogP contribution in [0.5, 0.6) is 0 Å². The maximum absolute atomic E-state index is 12.6. The highest BCUT2D eigenvalue weighted by atomic mass is 79.9. The molecule has 0 radical (unpaired) electrons. The zero-order valence-electron chi connectivity index (χ0n) is 11.7. The van der Waals surface area contributed by atoms with Crippen LogP contribution >= 0.6 is 26.6 Å². The molecule has 0 bridgehead atoms. The zero-order valence-corrected chi connectivity index (χ0v) is 14.8. The quantitative estimate of drug-likeness (QED) is 0.730. The summed E-state index contributed by atoms with van der Waals surface area (Å²) in [6.45, 7) is 2.55. The van der Waals surface area contributed by atoms with Gasteiger partial charge in [0.25, 0.3) is 15.0 Å². The minimum Gasteiger partial charge on any atom is -0.336 e. The third-order valence-corrected chi connectivity index (χ3v) is 6.12. The highest BCUT2D eigenvalue weighted by Crippen LogP contribution is 2.28. The van der Waals surface area contributed by atoms with Gasteiger partial charge >= 0.3 is 0 Å². The molecule has 2 rings (SSSR count). The Morgan fingerprint density at radius 3 is 2.52 bits per heavy atom. The molecule has 4 nitrogen and oxygen atoms in total. The minimum atomic E-state index is -3.89. The zero-order chi connectivity index (χ0) is 15.6. The fourth-order valence-electron chi connectivity index (χ4n) is 2.77. The largest absolute Gasteiger partial charge is 0.336 e. The molecule has 0 heterocycles. The van der Waals surface area contributed by atoms with Gasteiger partial charge in [-0.2, -0.15) is 0 Å². The molecule has 0 atom stereocenters. The summed E-state index contributed by atoms with van der Waals surface area (Å²) in [5, 5.41) is 0. The molecule has 1 aromatic rings. The Labute approximate surface area is 138 Å². The molecule has 1 aliphatic carbocycles. The lowest BCUT2D eigenvalue weighted by atomic mass is 10.1. The average Bonchev–Trinajstić information content (AvgIpc) is 2.92. The SMILES string of the molecule is CCN(C(=O)c1ccc(Br)c(S(=O)(=O)Cl)c1)C1CCCC1. The second kappa shape index (κ2) is 6.67. The monoisotopic (exact) mass is 393 g/mol. The predicted molar refractivity (Wildman–Crippen MR) is 86.1 cm³/mol. The molecule has 1 amide bonds. The summed E-state index contributed by atoms with van der Waals surface area (Å²) >= 11 is 3.15. The first kappa shape index (κ1) is 16.8. The maximum atomic E-state index is 12.6. The van der Waals surface area contributed by atoms with Gasteiger partial charge in [0.2, 0.25) is 0 Å². The van der Waals surface area contributed by atoms with E-state index < -0.39 is 9.05 Å². The number of carbonyl (C=O) groups excluding carboxylic acids is 1. The minimum absolute atomic E-state index is 0.0718. The molecule has 7 heteroatoms. The average molecular weight is 395 g/mol. The fourth-order valence-corrected chi connectivity index (χ4v) is 4.89. The summed E-state index contributed by atoms with van der Waals surface area (Å²) in [6, 6.07) is 4.76. The molecule has 1 aromatic carbocycles. The highest BCUT2D eigenvalue weighted by Gasteiger charge is 2.27. The van der Waals surface area contributed by atoms with Gasteiger partial charge in [0.05, 0.1) is 4.90 Å². The van der Waals surface area contributed by atoms with Crippen molar-refractivity contribution in [2.24, 2.45) is 0 Å². The second-order valence-corrected chi connectivity index (χ2v) is 8.50. The smallest absolute Gasteiger partial charge is 0.262 e. The lowest BCUT2D eigenvalue weighted by Crippen LogP contribution is -2.38. The fraction of sp³-hybridized carbons (Fsp3) is 0.500. The van der Waals surface area contributed by atoms with Crippen LogP contribution in [0, 0.1) is 0 Å². The Morgan fingerprint density at radius 2 is 2.00 bits per heavy atom. The third kappa shape index (κ3) is 3.79. The van der Waals surface area contributed by atoms with Crippen LogP contribution in [0.1, 0.15) is 43.0 Å². The van der Waals surface area contributed by atoms with Crippen LogP contribution in [-0.4, -0.2) is 31.8 Å². The van der Waals surface area contributed by atoms with E-state index in [1.54, 1.807) is 12.1 Å². The summed E-state index contributed by atoms with van der Waals surface area (Å²) in [6.07, 6.45) is 4.29. The number of hydrogen-bond acceptors (Lipinski definition) is 3. The Balaban J connectivity index is 2.34. The van der Waals surface area contributed by atoms with E-state index in [1.165, 1.54) is 6.07 Å². The van der Waals surface area contributed by atoms with E-state index >= 15 is 0 Å². The number of nitrogens with zero attached hydrogens (tertiary/aromatic N) is 1. The van der Waals surface area contributed by atoms with Crippen LogP contribution in [0.4, 0.5) is 0 Å². The van der Waals surface area contributed by atoms with Gasteiger partial charge < -0.3 is 4.90 Å². The first-order valence-electron chi connectivity index (χ1n) is 6.89. The van der Waals surface area contributed by atoms with Crippen molar-refractivity contribution < 1.29 is 13.2 Å². The van der Waals surface area contributed by atoms with E-state index in [9.17, 15) is 13.2 Å². The predicted octanol–water partition coefficient (Wildman–Crippen LogP) is 3.78. The summed E-state index contributed by atoms with van der Waals surface area (Å²) in [5.41, 5.74) is 0.353. The highest BCUT2D eigenvalue weighted by molar-refractivity contribution is 9.10. The van der Waals surface area contributed by atoms with Gasteiger partial charge in [-0.15, -0.1) is 0 Å². The van der Waals surface area contributed by atoms with Gasteiger partial charge in [0, 0.05) is 33.3 Å². The number of hydrogen-bond donors (Lipinski definition) is 0. The van der Waals surface area contributed by atoms with E-state index in [1.807, 2.05) is 11.8 Å². The van der Waals surface area contributed by atoms with Crippen LogP contribution < -0.4 is 0 Å². The lowest BCUT2D eigenvalue weighted by molar-refractivity contribution is 0.0693. The third-order valence-electron chi connectivity index (χ3n) is 3.81. The van der Waals surface area contributed by atoms with E-state index in [0.29, 0.717) is 16.6 Å². The topological polar surface area (TPSA) is 54.5 Å². The Morgan fingerprint density at radius 1 is 1.38 bits per heavy atom. The summed E-state index contributed by atoms with van der Waals surface area (Å²) in [7, 11) is 1.51. The van der Waals surface area contributed by atoms with Crippen molar-refractivity contribution >= 4 is 41.6 Å². The Hall–Kier alpha value is -0.590. The maximum Gasteiger partial charge on any atom is 0.262 e. The Kier molecular flexibility index (Phi) is 5.33. The van der Waals surface area contributed by atoms with Crippen molar-refractivity contribution in [1.29, 1.82) is 0 Å². The van der Waals surface area contributed by atoms with E-state index in [-0.39, 0.29) is 16.8 Å². The van der Waals surface area contributed by atoms with Crippen LogP contribution in [0.2, 0.25) is 0 Å². The van der Waals surface area contributed by atoms with Gasteiger partial charge in [-0.25, -0.2) is 8.42 Å². The number of amides is 1. The molecule has 0 unspecified atom stereocenters. The summed E-state index contributed by atoms with van der Waals surface area (Å²) in [5.74, 6) is -0.140. The van der Waals surface area contributed by atoms with Crippen molar-refractivity contribution in [2.45, 2.75) is 43.5 Å². The molecule has 0 N–H and O–H groups in total. The molecule has 21 heavy (non-hydrogen) atoms. The van der Waals surface area contributed by atoms with Gasteiger partial charge in [0.15, 0.2) is 0 Å². The van der Waals surface area contributed by atoms with Gasteiger partial charge in [-0.1, -0.05) is 12.8 Å². The van der Waals surface area contributed by atoms with Crippen LogP contribution in [0.25, 0.3) is 0 Å². The normalized spacial score (nSPS) is 16.1. The molecule has 116 valence electrons. The number of benzene rings is 1. The van der Waals surface area contributed by atoms with Gasteiger partial charge in [-0.3, -0.25) is 4.79 Å². The molecule has 1 aliphatic rings. The van der Waals surface area contributed by atoms with Crippen molar-refractivity contribution in [1.82, 2.24) is 4.90 Å². The molecular weight excluding hydrogens is 378 g/mol. The summed E-state index contributed by atoms with van der Waals surface area (Å²) in [4.78, 5) is 14.4. The summed E-state index contributed by atoms with van der Waals surface area (Å²) < 4.78 is 23.4. The van der Waals surface area contributed by atoms with E-state index in [4.69, 9.17) is 10.7 Å². The number of halogens is 2. The van der Waals surface area contributed by atoms with Crippen molar-refractivity contribution in [2.75, 3.05) is 6.54 Å². The number of rotatable bonds is 4. The van der Waals surface area contributed by atoms with Crippen molar-refractivity contribution in [3.63, 3.8) is 0 Å². The molecule has 0 aromatic heterocycles. The molecule has 0 saturated heterocycles. The first-order valence-corrected chi connectivity index (χ1v) is 10.00. The first-order chi connectivity index (χ1) is 9.84. The molecule has 0 spiro atoms. The molecule has 1 saturated carbocycles. The van der Waals surface area contributed by atoms with Crippen LogP contribution in [-0.2, 0) is 9.05 Å². The van der Waals surface area contributed by atoms with Crippen LogP contribution in [0.3, 0.4) is 0 Å². The van der Waals surface area contributed by atoms with Gasteiger partial charge in [0.1, 0.15) is 0 Å². The van der Waals surface area contributed by atoms with E-state index in [0.717, 1.165) is 25.7 Å². The molecule has 1 fully saturated rings. The van der Waals surface area contributed by atoms with E-state index in [2.05, 4.69) is 15.9 Å². The van der Waals surface area contributed by atoms with Crippen LogP contribution in [0.15, 0.2) is 27.6 Å².